The van der Waals surface area contributed by atoms with Crippen molar-refractivity contribution >= 4 is 5.69 Å². The topological polar surface area (TPSA) is 21.3 Å². The largest absolute Gasteiger partial charge is 0.491 e. The quantitative estimate of drug-likeness (QED) is 0.822. The van der Waals surface area contributed by atoms with Gasteiger partial charge in [0.25, 0.3) is 0 Å². The van der Waals surface area contributed by atoms with Gasteiger partial charge in [0.05, 0.1) is 6.10 Å². The molecule has 0 radical (unpaired) electrons. The predicted molar refractivity (Wildman–Crippen MR) is 80.6 cm³/mol. The maximum Gasteiger partial charge on any atom is 0.121 e. The van der Waals surface area contributed by atoms with Gasteiger partial charge in [-0.1, -0.05) is 43.3 Å². The van der Waals surface area contributed by atoms with Gasteiger partial charge < -0.3 is 10.1 Å². The Hall–Kier alpha value is -1.96. The number of nitrogens with one attached hydrogen (secondary N) is 1. The van der Waals surface area contributed by atoms with Crippen molar-refractivity contribution in [2.45, 2.75) is 32.9 Å². The molecule has 0 heterocycles. The lowest BCUT2D eigenvalue weighted by Gasteiger charge is -2.14. The van der Waals surface area contributed by atoms with E-state index in [1.54, 1.807) is 0 Å². The van der Waals surface area contributed by atoms with Crippen LogP contribution < -0.4 is 10.1 Å². The van der Waals surface area contributed by atoms with Crippen molar-refractivity contribution in [3.8, 4) is 5.75 Å². The molecule has 0 fully saturated rings. The Bertz CT molecular complexity index is 496. The van der Waals surface area contributed by atoms with E-state index in [9.17, 15) is 0 Å². The summed E-state index contributed by atoms with van der Waals surface area (Å²) in [6.07, 6.45) is 1.27. The molecule has 0 spiro atoms. The number of rotatable bonds is 6. The summed E-state index contributed by atoms with van der Waals surface area (Å²) in [6.45, 7) is 5.04. The molecule has 2 nitrogen and oxygen atoms in total. The van der Waals surface area contributed by atoms with Crippen molar-refractivity contribution in [3.05, 3.63) is 60.2 Å². The molecular formula is C17H21NO. The highest BCUT2D eigenvalue weighted by Gasteiger charge is 2.01. The van der Waals surface area contributed by atoms with Gasteiger partial charge in [0, 0.05) is 18.3 Å². The van der Waals surface area contributed by atoms with Crippen molar-refractivity contribution in [2.75, 3.05) is 5.32 Å². The fraction of sp³-hybridized carbons (Fsp3) is 0.294. The minimum atomic E-state index is 0.254. The first kappa shape index (κ1) is 13.5. The molecule has 0 amide bonds. The Kier molecular flexibility index (Phi) is 4.85. The number of hydrogen-bond acceptors (Lipinski definition) is 2. The van der Waals surface area contributed by atoms with Crippen LogP contribution in [0, 0.1) is 0 Å². The molecule has 0 bridgehead atoms. The molecular weight excluding hydrogens is 234 g/mol. The van der Waals surface area contributed by atoms with E-state index in [-0.39, 0.29) is 6.10 Å². The van der Waals surface area contributed by atoms with Crippen LogP contribution in [0.5, 0.6) is 5.75 Å². The van der Waals surface area contributed by atoms with Crippen LogP contribution in [-0.4, -0.2) is 6.10 Å². The second-order valence-electron chi connectivity index (χ2n) is 4.70. The predicted octanol–water partition coefficient (Wildman–Crippen LogP) is 4.48. The zero-order valence-electron chi connectivity index (χ0n) is 11.6. The van der Waals surface area contributed by atoms with Crippen LogP contribution in [0.1, 0.15) is 25.8 Å². The first-order valence-corrected chi connectivity index (χ1v) is 6.82. The van der Waals surface area contributed by atoms with Crippen molar-refractivity contribution in [1.29, 1.82) is 0 Å². The van der Waals surface area contributed by atoms with Crippen molar-refractivity contribution < 1.29 is 4.74 Å². The molecule has 2 aromatic carbocycles. The van der Waals surface area contributed by atoms with E-state index in [2.05, 4.69) is 55.6 Å². The Morgan fingerprint density at radius 2 is 1.84 bits per heavy atom. The Balaban J connectivity index is 1.95. The van der Waals surface area contributed by atoms with Crippen LogP contribution in [0.15, 0.2) is 54.6 Å². The van der Waals surface area contributed by atoms with Gasteiger partial charge in [-0.25, -0.2) is 0 Å². The highest BCUT2D eigenvalue weighted by molar-refractivity contribution is 5.48. The van der Waals surface area contributed by atoms with Crippen LogP contribution in [0.3, 0.4) is 0 Å². The van der Waals surface area contributed by atoms with Crippen molar-refractivity contribution in [3.63, 3.8) is 0 Å². The summed E-state index contributed by atoms with van der Waals surface area (Å²) < 4.78 is 5.82. The standard InChI is InChI=1S/C17H21NO/c1-3-14(2)19-17-11-7-10-16(12-17)18-13-15-8-5-4-6-9-15/h4-12,14,18H,3,13H2,1-2H3. The van der Waals surface area contributed by atoms with Gasteiger partial charge in [-0.3, -0.25) is 0 Å². The molecule has 0 aliphatic rings. The van der Waals surface area contributed by atoms with Gasteiger partial charge in [-0.2, -0.15) is 0 Å². The Morgan fingerprint density at radius 3 is 2.58 bits per heavy atom. The number of hydrogen-bond donors (Lipinski definition) is 1. The lowest BCUT2D eigenvalue weighted by Crippen LogP contribution is -2.09. The van der Waals surface area contributed by atoms with Gasteiger partial charge in [-0.15, -0.1) is 0 Å². The summed E-state index contributed by atoms with van der Waals surface area (Å²) in [5.74, 6) is 0.924. The van der Waals surface area contributed by atoms with Crippen LogP contribution in [0.2, 0.25) is 0 Å². The molecule has 1 unspecified atom stereocenters. The molecule has 19 heavy (non-hydrogen) atoms. The fourth-order valence-electron chi connectivity index (χ4n) is 1.79. The van der Waals surface area contributed by atoms with Crippen LogP contribution in [0.4, 0.5) is 5.69 Å². The van der Waals surface area contributed by atoms with Crippen LogP contribution >= 0.6 is 0 Å². The first-order valence-electron chi connectivity index (χ1n) is 6.82. The van der Waals surface area contributed by atoms with E-state index in [0.29, 0.717) is 0 Å². The minimum absolute atomic E-state index is 0.254. The third-order valence-corrected chi connectivity index (χ3v) is 3.09. The van der Waals surface area contributed by atoms with E-state index in [1.165, 1.54) is 5.56 Å². The fourth-order valence-corrected chi connectivity index (χ4v) is 1.79. The van der Waals surface area contributed by atoms with E-state index in [1.807, 2.05) is 18.2 Å². The number of ether oxygens (including phenoxy) is 1. The molecule has 0 aliphatic heterocycles. The van der Waals surface area contributed by atoms with E-state index >= 15 is 0 Å². The van der Waals surface area contributed by atoms with Crippen LogP contribution in [-0.2, 0) is 6.54 Å². The summed E-state index contributed by atoms with van der Waals surface area (Å²) in [4.78, 5) is 0. The zero-order valence-corrected chi connectivity index (χ0v) is 11.6. The van der Waals surface area contributed by atoms with Gasteiger partial charge >= 0.3 is 0 Å². The molecule has 0 saturated heterocycles. The Morgan fingerprint density at radius 1 is 1.05 bits per heavy atom. The lowest BCUT2D eigenvalue weighted by atomic mass is 10.2. The minimum Gasteiger partial charge on any atom is -0.491 e. The summed E-state index contributed by atoms with van der Waals surface area (Å²) in [5, 5.41) is 3.41. The van der Waals surface area contributed by atoms with E-state index in [0.717, 1.165) is 24.4 Å². The second kappa shape index (κ2) is 6.83. The molecule has 1 atom stereocenters. The smallest absolute Gasteiger partial charge is 0.121 e. The Labute approximate surface area is 115 Å². The number of anilines is 1. The molecule has 2 rings (SSSR count). The van der Waals surface area contributed by atoms with Gasteiger partial charge in [-0.05, 0) is 31.0 Å². The third-order valence-electron chi connectivity index (χ3n) is 3.09. The highest BCUT2D eigenvalue weighted by Crippen LogP contribution is 2.19. The summed E-state index contributed by atoms with van der Waals surface area (Å²) >= 11 is 0. The molecule has 0 aliphatic carbocycles. The van der Waals surface area contributed by atoms with E-state index in [4.69, 9.17) is 4.74 Å². The summed E-state index contributed by atoms with van der Waals surface area (Å²) in [5.41, 5.74) is 2.36. The molecule has 0 saturated carbocycles. The van der Waals surface area contributed by atoms with Crippen molar-refractivity contribution in [1.82, 2.24) is 0 Å². The third kappa shape index (κ3) is 4.32. The molecule has 1 N–H and O–H groups in total. The second-order valence-corrected chi connectivity index (χ2v) is 4.70. The SMILES string of the molecule is CCC(C)Oc1cccc(NCc2ccccc2)c1. The molecule has 2 heteroatoms. The number of benzene rings is 2. The highest BCUT2D eigenvalue weighted by atomic mass is 16.5. The van der Waals surface area contributed by atoms with Gasteiger partial charge in [0.1, 0.15) is 5.75 Å². The summed E-state index contributed by atoms with van der Waals surface area (Å²) in [6, 6.07) is 18.5. The zero-order chi connectivity index (χ0) is 13.5. The molecule has 2 aromatic rings. The van der Waals surface area contributed by atoms with Crippen LogP contribution in [0.25, 0.3) is 0 Å². The maximum absolute atomic E-state index is 5.82. The normalized spacial score (nSPS) is 11.9. The average molecular weight is 255 g/mol. The molecule has 100 valence electrons. The van der Waals surface area contributed by atoms with Gasteiger partial charge in [0.15, 0.2) is 0 Å². The van der Waals surface area contributed by atoms with Crippen molar-refractivity contribution in [2.24, 2.45) is 0 Å². The average Bonchev–Trinajstić information content (AvgIpc) is 2.46. The molecule has 0 aromatic heterocycles. The monoisotopic (exact) mass is 255 g/mol. The van der Waals surface area contributed by atoms with Gasteiger partial charge in [0.2, 0.25) is 0 Å². The van der Waals surface area contributed by atoms with E-state index < -0.39 is 0 Å². The maximum atomic E-state index is 5.82. The summed E-state index contributed by atoms with van der Waals surface area (Å²) in [7, 11) is 0. The first-order chi connectivity index (χ1) is 9.28. The lowest BCUT2D eigenvalue weighted by molar-refractivity contribution is 0.217.